The van der Waals surface area contributed by atoms with Crippen LogP contribution in [0.5, 0.6) is 11.6 Å². The van der Waals surface area contributed by atoms with E-state index in [0.29, 0.717) is 23.2 Å². The summed E-state index contributed by atoms with van der Waals surface area (Å²) in [7, 11) is 1.58. The van der Waals surface area contributed by atoms with Crippen molar-refractivity contribution < 1.29 is 9.47 Å². The number of nitrogens with two attached hydrogens (primary N) is 1. The Morgan fingerprint density at radius 1 is 1.32 bits per heavy atom. The molecule has 1 heterocycles. The van der Waals surface area contributed by atoms with Crippen LogP contribution in [0, 0.1) is 0 Å². The lowest BCUT2D eigenvalue weighted by Gasteiger charge is -2.09. The Morgan fingerprint density at radius 2 is 2.16 bits per heavy atom. The van der Waals surface area contributed by atoms with Gasteiger partial charge in [0.25, 0.3) is 0 Å². The molecule has 0 atom stereocenters. The molecule has 0 aliphatic heterocycles. The van der Waals surface area contributed by atoms with E-state index in [-0.39, 0.29) is 0 Å². The van der Waals surface area contributed by atoms with Gasteiger partial charge in [0.2, 0.25) is 5.88 Å². The summed E-state index contributed by atoms with van der Waals surface area (Å²) in [6.45, 7) is 0.373. The maximum Gasteiger partial charge on any atom is 0.219 e. The zero-order chi connectivity index (χ0) is 13.7. The minimum absolute atomic E-state index is 0.351. The van der Waals surface area contributed by atoms with Crippen molar-refractivity contribution in [1.29, 1.82) is 0 Å². The average Bonchev–Trinajstić information content (AvgIpc) is 2.45. The molecule has 98 valence electrons. The lowest BCUT2D eigenvalue weighted by Crippen LogP contribution is -2.09. The maximum absolute atomic E-state index is 5.69. The van der Waals surface area contributed by atoms with Gasteiger partial charge in [0.15, 0.2) is 0 Å². The first-order chi connectivity index (χ1) is 9.20. The number of thiocarbonyl (C=S) groups is 1. The van der Waals surface area contributed by atoms with Crippen molar-refractivity contribution in [3.63, 3.8) is 0 Å². The van der Waals surface area contributed by atoms with E-state index in [9.17, 15) is 0 Å². The lowest BCUT2D eigenvalue weighted by molar-refractivity contribution is 0.294. The molecular weight excluding hydrogens is 260 g/mol. The van der Waals surface area contributed by atoms with Gasteiger partial charge in [0.1, 0.15) is 17.3 Å². The van der Waals surface area contributed by atoms with Crippen molar-refractivity contribution in [2.45, 2.75) is 6.61 Å². The molecule has 0 radical (unpaired) electrons. The SMILES string of the molecule is COc1ncccc1COc1cccc(C(N)=S)c1. The van der Waals surface area contributed by atoms with E-state index < -0.39 is 0 Å². The fourth-order valence-corrected chi connectivity index (χ4v) is 1.74. The van der Waals surface area contributed by atoms with Crippen molar-refractivity contribution in [2.24, 2.45) is 5.73 Å². The highest BCUT2D eigenvalue weighted by Gasteiger charge is 2.05. The average molecular weight is 274 g/mol. The molecule has 0 saturated carbocycles. The third-order valence-corrected chi connectivity index (χ3v) is 2.79. The summed E-state index contributed by atoms with van der Waals surface area (Å²) < 4.78 is 10.9. The molecule has 0 fully saturated rings. The maximum atomic E-state index is 5.69. The molecule has 0 spiro atoms. The van der Waals surface area contributed by atoms with Crippen molar-refractivity contribution in [3.05, 3.63) is 53.7 Å². The van der Waals surface area contributed by atoms with Crippen LogP contribution in [0.2, 0.25) is 0 Å². The molecule has 2 N–H and O–H groups in total. The zero-order valence-electron chi connectivity index (χ0n) is 10.5. The van der Waals surface area contributed by atoms with E-state index in [0.717, 1.165) is 11.1 Å². The molecule has 0 bridgehead atoms. The van der Waals surface area contributed by atoms with Gasteiger partial charge in [-0.3, -0.25) is 0 Å². The fraction of sp³-hybridized carbons (Fsp3) is 0.143. The lowest BCUT2D eigenvalue weighted by atomic mass is 10.2. The van der Waals surface area contributed by atoms with Crippen molar-refractivity contribution in [3.8, 4) is 11.6 Å². The second-order valence-electron chi connectivity index (χ2n) is 3.85. The highest BCUT2D eigenvalue weighted by atomic mass is 32.1. The fourth-order valence-electron chi connectivity index (χ4n) is 1.62. The largest absolute Gasteiger partial charge is 0.489 e. The smallest absolute Gasteiger partial charge is 0.219 e. The van der Waals surface area contributed by atoms with E-state index >= 15 is 0 Å². The molecule has 2 aromatic rings. The van der Waals surface area contributed by atoms with E-state index in [2.05, 4.69) is 4.98 Å². The first kappa shape index (κ1) is 13.3. The van der Waals surface area contributed by atoms with E-state index in [4.69, 9.17) is 27.4 Å². The third kappa shape index (κ3) is 3.42. The Labute approximate surface area is 117 Å². The molecular formula is C14H14N2O2S. The summed E-state index contributed by atoms with van der Waals surface area (Å²) in [6.07, 6.45) is 1.68. The molecule has 0 unspecified atom stereocenters. The summed E-state index contributed by atoms with van der Waals surface area (Å²) in [5.74, 6) is 1.27. The van der Waals surface area contributed by atoms with Gasteiger partial charge >= 0.3 is 0 Å². The summed E-state index contributed by atoms with van der Waals surface area (Å²) in [6, 6.07) is 11.1. The van der Waals surface area contributed by atoms with E-state index in [1.54, 1.807) is 13.3 Å². The Balaban J connectivity index is 2.10. The minimum Gasteiger partial charge on any atom is -0.489 e. The number of aromatic nitrogens is 1. The van der Waals surface area contributed by atoms with Gasteiger partial charge in [-0.2, -0.15) is 0 Å². The van der Waals surface area contributed by atoms with Crippen LogP contribution in [0.25, 0.3) is 0 Å². The van der Waals surface area contributed by atoms with Gasteiger partial charge in [-0.05, 0) is 24.3 Å². The molecule has 0 saturated heterocycles. The number of rotatable bonds is 5. The Morgan fingerprint density at radius 3 is 2.89 bits per heavy atom. The second kappa shape index (κ2) is 6.15. The topological polar surface area (TPSA) is 57.4 Å². The molecule has 19 heavy (non-hydrogen) atoms. The van der Waals surface area contributed by atoms with Crippen LogP contribution in [-0.4, -0.2) is 17.1 Å². The monoisotopic (exact) mass is 274 g/mol. The number of ether oxygens (including phenoxy) is 2. The van der Waals surface area contributed by atoms with Crippen LogP contribution < -0.4 is 15.2 Å². The summed E-state index contributed by atoms with van der Waals surface area (Å²) in [5, 5.41) is 0. The van der Waals surface area contributed by atoms with Crippen LogP contribution in [0.1, 0.15) is 11.1 Å². The van der Waals surface area contributed by atoms with Crippen LogP contribution in [0.3, 0.4) is 0 Å². The van der Waals surface area contributed by atoms with Gasteiger partial charge in [-0.1, -0.05) is 24.4 Å². The Kier molecular flexibility index (Phi) is 4.30. The van der Waals surface area contributed by atoms with E-state index in [1.807, 2.05) is 36.4 Å². The van der Waals surface area contributed by atoms with Gasteiger partial charge in [0, 0.05) is 11.8 Å². The first-order valence-corrected chi connectivity index (χ1v) is 6.12. The van der Waals surface area contributed by atoms with Gasteiger partial charge in [0.05, 0.1) is 12.7 Å². The van der Waals surface area contributed by atoms with E-state index in [1.165, 1.54) is 0 Å². The summed E-state index contributed by atoms with van der Waals surface area (Å²) >= 11 is 4.93. The number of benzene rings is 1. The highest BCUT2D eigenvalue weighted by Crippen LogP contribution is 2.18. The predicted molar refractivity (Wildman–Crippen MR) is 77.5 cm³/mol. The number of hydrogen-bond donors (Lipinski definition) is 1. The number of methoxy groups -OCH3 is 1. The Hall–Kier alpha value is -2.14. The van der Waals surface area contributed by atoms with Crippen LogP contribution in [-0.2, 0) is 6.61 Å². The quantitative estimate of drug-likeness (QED) is 0.848. The van der Waals surface area contributed by atoms with Crippen LogP contribution in [0.4, 0.5) is 0 Å². The summed E-state index contributed by atoms with van der Waals surface area (Å²) in [5.41, 5.74) is 7.24. The molecule has 2 rings (SSSR count). The molecule has 5 heteroatoms. The third-order valence-electron chi connectivity index (χ3n) is 2.56. The summed E-state index contributed by atoms with van der Waals surface area (Å²) in [4.78, 5) is 4.46. The normalized spacial score (nSPS) is 9.95. The first-order valence-electron chi connectivity index (χ1n) is 5.71. The van der Waals surface area contributed by atoms with Gasteiger partial charge < -0.3 is 15.2 Å². The minimum atomic E-state index is 0.351. The molecule has 0 aliphatic carbocycles. The molecule has 1 aromatic carbocycles. The highest BCUT2D eigenvalue weighted by molar-refractivity contribution is 7.80. The Bertz CT molecular complexity index is 587. The number of hydrogen-bond acceptors (Lipinski definition) is 4. The number of nitrogens with zero attached hydrogens (tertiary/aromatic N) is 1. The second-order valence-corrected chi connectivity index (χ2v) is 4.29. The van der Waals surface area contributed by atoms with Crippen LogP contribution >= 0.6 is 12.2 Å². The van der Waals surface area contributed by atoms with Crippen LogP contribution in [0.15, 0.2) is 42.6 Å². The zero-order valence-corrected chi connectivity index (χ0v) is 11.3. The predicted octanol–water partition coefficient (Wildman–Crippen LogP) is 2.30. The number of pyridine rings is 1. The molecule has 0 amide bonds. The standard InChI is InChI=1S/C14H14N2O2S/c1-17-14-11(5-3-7-16-14)9-18-12-6-2-4-10(8-12)13(15)19/h2-8H,9H2,1H3,(H2,15,19). The molecule has 0 aliphatic rings. The van der Waals surface area contributed by atoms with Crippen molar-refractivity contribution >= 4 is 17.2 Å². The van der Waals surface area contributed by atoms with Crippen molar-refractivity contribution in [1.82, 2.24) is 4.98 Å². The van der Waals surface area contributed by atoms with Gasteiger partial charge in [-0.15, -0.1) is 0 Å². The van der Waals surface area contributed by atoms with Crippen molar-refractivity contribution in [2.75, 3.05) is 7.11 Å². The molecule has 4 nitrogen and oxygen atoms in total. The molecule has 1 aromatic heterocycles. The van der Waals surface area contributed by atoms with Gasteiger partial charge in [-0.25, -0.2) is 4.98 Å².